The Morgan fingerprint density at radius 1 is 0.792 bits per heavy atom. The van der Waals surface area contributed by atoms with Gasteiger partial charge in [-0.05, 0) is 24.9 Å². The summed E-state index contributed by atoms with van der Waals surface area (Å²) < 4.78 is 0. The first kappa shape index (κ1) is 19.5. The van der Waals surface area contributed by atoms with Crippen molar-refractivity contribution in [3.63, 3.8) is 0 Å². The van der Waals surface area contributed by atoms with Crippen molar-refractivity contribution in [3.05, 3.63) is 35.9 Å². The Bertz CT molecular complexity index is 404. The molecule has 1 fully saturated rings. The van der Waals surface area contributed by atoms with Gasteiger partial charge in [0.05, 0.1) is 0 Å². The van der Waals surface area contributed by atoms with E-state index in [1.165, 1.54) is 76.3 Å². The van der Waals surface area contributed by atoms with Crippen molar-refractivity contribution in [1.82, 2.24) is 10.6 Å². The molecule has 136 valence electrons. The Hall–Kier alpha value is -0.860. The largest absolute Gasteiger partial charge is 0.315 e. The molecule has 0 aromatic heterocycles. The van der Waals surface area contributed by atoms with Crippen LogP contribution in [0.3, 0.4) is 0 Å². The third-order valence-corrected chi connectivity index (χ3v) is 5.18. The van der Waals surface area contributed by atoms with Gasteiger partial charge >= 0.3 is 0 Å². The molecular formula is C22H38N2. The van der Waals surface area contributed by atoms with Crippen LogP contribution in [0.5, 0.6) is 0 Å². The summed E-state index contributed by atoms with van der Waals surface area (Å²) in [6.07, 6.45) is 14.0. The monoisotopic (exact) mass is 330 g/mol. The fraction of sp³-hybridized carbons (Fsp3) is 0.727. The van der Waals surface area contributed by atoms with Gasteiger partial charge in [-0.2, -0.15) is 0 Å². The highest BCUT2D eigenvalue weighted by atomic mass is 15.0. The Labute approximate surface area is 149 Å². The van der Waals surface area contributed by atoms with Crippen LogP contribution in [-0.2, 0) is 0 Å². The highest BCUT2D eigenvalue weighted by Crippen LogP contribution is 2.40. The van der Waals surface area contributed by atoms with Gasteiger partial charge in [0.15, 0.2) is 0 Å². The number of hydrogen-bond acceptors (Lipinski definition) is 2. The molecule has 1 saturated carbocycles. The van der Waals surface area contributed by atoms with Crippen LogP contribution in [0.4, 0.5) is 0 Å². The van der Waals surface area contributed by atoms with Crippen LogP contribution < -0.4 is 10.6 Å². The quantitative estimate of drug-likeness (QED) is 0.429. The van der Waals surface area contributed by atoms with E-state index in [-0.39, 0.29) is 0 Å². The number of unbranched alkanes of at least 4 members (excludes halogenated alkanes) is 8. The van der Waals surface area contributed by atoms with E-state index in [4.69, 9.17) is 0 Å². The minimum absolute atomic E-state index is 0.710. The van der Waals surface area contributed by atoms with Crippen molar-refractivity contribution < 1.29 is 0 Å². The highest BCUT2D eigenvalue weighted by molar-refractivity contribution is 5.27. The lowest BCUT2D eigenvalue weighted by atomic mass is 10.1. The van der Waals surface area contributed by atoms with Crippen molar-refractivity contribution in [2.75, 3.05) is 19.6 Å². The molecule has 0 amide bonds. The molecular weight excluding hydrogens is 292 g/mol. The Morgan fingerprint density at radius 3 is 2.17 bits per heavy atom. The predicted molar refractivity (Wildman–Crippen MR) is 106 cm³/mol. The lowest BCUT2D eigenvalue weighted by Gasteiger charge is -2.07. The topological polar surface area (TPSA) is 24.1 Å². The van der Waals surface area contributed by atoms with Gasteiger partial charge in [-0.1, -0.05) is 88.6 Å². The van der Waals surface area contributed by atoms with E-state index < -0.39 is 0 Å². The molecule has 0 heterocycles. The molecule has 0 aliphatic heterocycles. The summed E-state index contributed by atoms with van der Waals surface area (Å²) in [5.41, 5.74) is 1.50. The maximum atomic E-state index is 3.68. The molecule has 2 nitrogen and oxygen atoms in total. The van der Waals surface area contributed by atoms with Crippen molar-refractivity contribution >= 4 is 0 Å². The molecule has 0 radical (unpaired) electrons. The summed E-state index contributed by atoms with van der Waals surface area (Å²) in [7, 11) is 0. The van der Waals surface area contributed by atoms with E-state index in [0.717, 1.165) is 19.0 Å². The first-order valence-corrected chi connectivity index (χ1v) is 10.4. The average molecular weight is 331 g/mol. The second kappa shape index (κ2) is 12.5. The van der Waals surface area contributed by atoms with Crippen molar-refractivity contribution in [3.8, 4) is 0 Å². The lowest BCUT2D eigenvalue weighted by molar-refractivity contribution is 0.541. The fourth-order valence-electron chi connectivity index (χ4n) is 3.52. The Balaban J connectivity index is 1.31. The highest BCUT2D eigenvalue weighted by Gasteiger charge is 2.37. The second-order valence-electron chi connectivity index (χ2n) is 7.39. The molecule has 2 heteroatoms. The maximum Gasteiger partial charge on any atom is 0.0143 e. The summed E-state index contributed by atoms with van der Waals surface area (Å²) in [6.45, 7) is 5.68. The fourth-order valence-corrected chi connectivity index (χ4v) is 3.52. The van der Waals surface area contributed by atoms with Gasteiger partial charge in [-0.3, -0.25) is 0 Å². The van der Waals surface area contributed by atoms with Crippen LogP contribution in [0.1, 0.15) is 82.6 Å². The first-order valence-electron chi connectivity index (χ1n) is 10.4. The summed E-state index contributed by atoms with van der Waals surface area (Å²) in [5.74, 6) is 0.753. The molecule has 2 N–H and O–H groups in total. The molecule has 1 aliphatic carbocycles. The van der Waals surface area contributed by atoms with Gasteiger partial charge in [-0.25, -0.2) is 0 Å². The van der Waals surface area contributed by atoms with Gasteiger partial charge in [0, 0.05) is 25.0 Å². The van der Waals surface area contributed by atoms with Crippen molar-refractivity contribution in [2.24, 2.45) is 0 Å². The van der Waals surface area contributed by atoms with Crippen LogP contribution in [0.2, 0.25) is 0 Å². The molecule has 2 atom stereocenters. The van der Waals surface area contributed by atoms with Crippen LogP contribution >= 0.6 is 0 Å². The predicted octanol–water partition coefficient (Wildman–Crippen LogP) is 5.25. The molecule has 0 saturated heterocycles. The van der Waals surface area contributed by atoms with Crippen LogP contribution in [-0.4, -0.2) is 25.7 Å². The van der Waals surface area contributed by atoms with Crippen LogP contribution in [0.25, 0.3) is 0 Å². The van der Waals surface area contributed by atoms with Gasteiger partial charge < -0.3 is 10.6 Å². The molecule has 1 aromatic carbocycles. The number of hydrogen-bond donors (Lipinski definition) is 2. The van der Waals surface area contributed by atoms with Gasteiger partial charge in [0.25, 0.3) is 0 Å². The smallest absolute Gasteiger partial charge is 0.0143 e. The van der Waals surface area contributed by atoms with Crippen LogP contribution in [0.15, 0.2) is 30.3 Å². The van der Waals surface area contributed by atoms with E-state index >= 15 is 0 Å². The number of nitrogens with one attached hydrogen (secondary N) is 2. The zero-order valence-corrected chi connectivity index (χ0v) is 15.7. The summed E-state index contributed by atoms with van der Waals surface area (Å²) in [6, 6.07) is 11.6. The third-order valence-electron chi connectivity index (χ3n) is 5.18. The molecule has 0 bridgehead atoms. The zero-order valence-electron chi connectivity index (χ0n) is 15.7. The molecule has 0 spiro atoms. The standard InChI is InChI=1S/C22H38N2/c1-2-3-4-5-6-7-8-9-13-16-23-17-18-24-22-19-21(22)20-14-11-10-12-15-20/h10-12,14-15,21-24H,2-9,13,16-19H2,1H3/t21-,22+/m1/s1. The van der Waals surface area contributed by atoms with Gasteiger partial charge in [0.1, 0.15) is 0 Å². The normalized spacial score (nSPS) is 19.5. The number of benzene rings is 1. The van der Waals surface area contributed by atoms with Crippen molar-refractivity contribution in [1.29, 1.82) is 0 Å². The average Bonchev–Trinajstić information content (AvgIpc) is 3.39. The maximum absolute atomic E-state index is 3.68. The van der Waals surface area contributed by atoms with Gasteiger partial charge in [-0.15, -0.1) is 0 Å². The van der Waals surface area contributed by atoms with E-state index in [2.05, 4.69) is 47.9 Å². The number of rotatable bonds is 15. The summed E-state index contributed by atoms with van der Waals surface area (Å²) >= 11 is 0. The molecule has 2 rings (SSSR count). The van der Waals surface area contributed by atoms with E-state index in [0.29, 0.717) is 6.04 Å². The third kappa shape index (κ3) is 8.30. The van der Waals surface area contributed by atoms with E-state index in [9.17, 15) is 0 Å². The Kier molecular flexibility index (Phi) is 10.1. The SMILES string of the molecule is CCCCCCCCCCCNCCN[C@H]1C[C@@H]1c1ccccc1. The summed E-state index contributed by atoms with van der Waals surface area (Å²) in [5, 5.41) is 7.26. The van der Waals surface area contributed by atoms with E-state index in [1.807, 2.05) is 0 Å². The zero-order chi connectivity index (χ0) is 16.9. The minimum Gasteiger partial charge on any atom is -0.315 e. The molecule has 1 aliphatic rings. The summed E-state index contributed by atoms with van der Waals surface area (Å²) in [4.78, 5) is 0. The van der Waals surface area contributed by atoms with Crippen molar-refractivity contribution in [2.45, 2.75) is 83.1 Å². The Morgan fingerprint density at radius 2 is 1.46 bits per heavy atom. The first-order chi connectivity index (χ1) is 11.9. The lowest BCUT2D eigenvalue weighted by Crippen LogP contribution is -2.29. The second-order valence-corrected chi connectivity index (χ2v) is 7.39. The van der Waals surface area contributed by atoms with Crippen LogP contribution in [0, 0.1) is 0 Å². The molecule has 1 aromatic rings. The molecule has 24 heavy (non-hydrogen) atoms. The minimum atomic E-state index is 0.710. The molecule has 0 unspecified atom stereocenters. The van der Waals surface area contributed by atoms with E-state index in [1.54, 1.807) is 0 Å². The van der Waals surface area contributed by atoms with Gasteiger partial charge in [0.2, 0.25) is 0 Å².